The van der Waals surface area contributed by atoms with Crippen LogP contribution in [0.15, 0.2) is 77.7 Å². The molecule has 2 saturated heterocycles. The van der Waals surface area contributed by atoms with Crippen LogP contribution in [0.2, 0.25) is 0 Å². The Morgan fingerprint density at radius 1 is 0.984 bits per heavy atom. The number of aliphatic hydroxyl groups excluding tert-OH is 1. The lowest BCUT2D eigenvalue weighted by Crippen LogP contribution is -2.55. The van der Waals surface area contributed by atoms with Crippen LogP contribution in [0.5, 0.6) is 17.2 Å². The average Bonchev–Trinajstić information content (AvgIpc) is 3.88. The molecule has 19 heteroatoms. The molecule has 62 heavy (non-hydrogen) atoms. The second kappa shape index (κ2) is 21.4. The molecule has 0 saturated carbocycles. The van der Waals surface area contributed by atoms with Crippen molar-refractivity contribution in [2.24, 2.45) is 11.8 Å². The molecule has 3 aliphatic heterocycles. The van der Waals surface area contributed by atoms with E-state index in [0.29, 0.717) is 44.0 Å². The van der Waals surface area contributed by atoms with Crippen LogP contribution in [-0.4, -0.2) is 125 Å². The molecule has 2 N–H and O–H groups in total. The van der Waals surface area contributed by atoms with Crippen molar-refractivity contribution in [3.8, 4) is 17.2 Å². The fraction of sp³-hybridized carbons (Fsp3) is 0.535. The molecular formula is C43H58N3O14PS. The molecule has 3 aromatic carbocycles. The summed E-state index contributed by atoms with van der Waals surface area (Å²) in [5.74, 6) is 0.334. The molecule has 0 aromatic heterocycles. The Hall–Kier alpha value is -4.26. The fourth-order valence-corrected chi connectivity index (χ4v) is 10.7. The van der Waals surface area contributed by atoms with E-state index in [2.05, 4.69) is 10.2 Å². The highest BCUT2D eigenvalue weighted by Gasteiger charge is 2.44. The van der Waals surface area contributed by atoms with Crippen molar-refractivity contribution in [3.05, 3.63) is 83.9 Å². The van der Waals surface area contributed by atoms with Crippen molar-refractivity contribution in [1.82, 2.24) is 14.5 Å². The number of hydrogen-bond donors (Lipinski definition) is 2. The first-order chi connectivity index (χ1) is 29.7. The van der Waals surface area contributed by atoms with Crippen molar-refractivity contribution < 1.29 is 65.1 Å². The van der Waals surface area contributed by atoms with Crippen LogP contribution in [-0.2, 0) is 55.8 Å². The molecule has 1 amide bonds. The lowest BCUT2D eigenvalue weighted by molar-refractivity contribution is -0.150. The molecule has 17 nitrogen and oxygen atoms in total. The highest BCUT2D eigenvalue weighted by atomic mass is 32.2. The minimum Gasteiger partial charge on any atom is -0.497 e. The largest absolute Gasteiger partial charge is 0.497 e. The van der Waals surface area contributed by atoms with Crippen LogP contribution in [0.3, 0.4) is 0 Å². The Balaban J connectivity index is 1.15. The number of methoxy groups -OCH3 is 1. The summed E-state index contributed by atoms with van der Waals surface area (Å²) < 4.78 is 87.9. The number of alkyl carbamates (subject to hydrolysis) is 1. The van der Waals surface area contributed by atoms with Gasteiger partial charge in [0.25, 0.3) is 0 Å². The molecule has 7 atom stereocenters. The number of fused-ring (bicyclic) bond motifs is 2. The number of amides is 1. The average molecular weight is 904 g/mol. The number of carbonyl (C=O) groups excluding carboxylic acids is 2. The third-order valence-corrected chi connectivity index (χ3v) is 14.1. The highest BCUT2D eigenvalue weighted by molar-refractivity contribution is 7.89. The Morgan fingerprint density at radius 2 is 1.73 bits per heavy atom. The predicted octanol–water partition coefficient (Wildman–Crippen LogP) is 5.19. The van der Waals surface area contributed by atoms with E-state index in [1.165, 1.54) is 30.5 Å². The van der Waals surface area contributed by atoms with Crippen molar-refractivity contribution in [3.63, 3.8) is 0 Å². The third-order valence-electron chi connectivity index (χ3n) is 10.7. The molecular weight excluding hydrogens is 846 g/mol. The van der Waals surface area contributed by atoms with Crippen molar-refractivity contribution >= 4 is 29.7 Å². The number of para-hydroxylation sites is 1. The molecule has 1 unspecified atom stereocenters. The summed E-state index contributed by atoms with van der Waals surface area (Å²) in [5, 5.41) is 14.7. The van der Waals surface area contributed by atoms with Crippen LogP contribution in [0, 0.1) is 11.8 Å². The maximum atomic E-state index is 14.0. The number of rotatable bonds is 21. The van der Waals surface area contributed by atoms with E-state index in [4.69, 9.17) is 37.5 Å². The highest BCUT2D eigenvalue weighted by Crippen LogP contribution is 2.49. The van der Waals surface area contributed by atoms with E-state index in [-0.39, 0.29) is 55.3 Å². The van der Waals surface area contributed by atoms with E-state index in [0.717, 1.165) is 11.1 Å². The van der Waals surface area contributed by atoms with E-state index >= 15 is 0 Å². The summed E-state index contributed by atoms with van der Waals surface area (Å²) in [5.41, 5.74) is 1.92. The number of aliphatic hydroxyl groups is 1. The van der Waals surface area contributed by atoms with Crippen LogP contribution < -0.4 is 19.3 Å². The summed E-state index contributed by atoms with van der Waals surface area (Å²) in [6.07, 6.45) is -3.47. The molecule has 3 heterocycles. The number of nitrogens with zero attached hydrogens (tertiary/aromatic N) is 2. The smallest absolute Gasteiger partial charge is 0.417 e. The van der Waals surface area contributed by atoms with E-state index in [9.17, 15) is 27.7 Å². The maximum Gasteiger partial charge on any atom is 0.417 e. The van der Waals surface area contributed by atoms with Crippen molar-refractivity contribution in [1.29, 1.82) is 0 Å². The first-order valence-electron chi connectivity index (χ1n) is 20.8. The number of hydrogen-bond acceptors (Lipinski definition) is 15. The molecule has 340 valence electrons. The molecule has 0 radical (unpaired) electrons. The molecule has 0 aliphatic carbocycles. The lowest BCUT2D eigenvalue weighted by Gasteiger charge is -2.35. The number of nitrogens with one attached hydrogen (secondary N) is 1. The van der Waals surface area contributed by atoms with E-state index in [1.807, 2.05) is 26.0 Å². The van der Waals surface area contributed by atoms with Crippen LogP contribution >= 0.6 is 7.60 Å². The molecule has 6 rings (SSSR count). The van der Waals surface area contributed by atoms with Gasteiger partial charge < -0.3 is 43.4 Å². The van der Waals surface area contributed by atoms with E-state index in [1.54, 1.807) is 55.5 Å². The Kier molecular flexibility index (Phi) is 16.3. The molecule has 3 aromatic rings. The van der Waals surface area contributed by atoms with Gasteiger partial charge in [-0.15, -0.1) is 0 Å². The monoisotopic (exact) mass is 903 g/mol. The first-order valence-corrected chi connectivity index (χ1v) is 24.0. The predicted molar refractivity (Wildman–Crippen MR) is 226 cm³/mol. The summed E-state index contributed by atoms with van der Waals surface area (Å²) in [4.78, 5) is 28.0. The third kappa shape index (κ3) is 12.5. The number of esters is 1. The van der Waals surface area contributed by atoms with Gasteiger partial charge in [-0.3, -0.25) is 9.42 Å². The van der Waals surface area contributed by atoms with Crippen LogP contribution in [0.4, 0.5) is 4.79 Å². The summed E-state index contributed by atoms with van der Waals surface area (Å²) in [7, 11) is -6.61. The Morgan fingerprint density at radius 3 is 2.44 bits per heavy atom. The molecule has 2 fully saturated rings. The standard InChI is InChI=1S/C43H58N3O14PS/c1-6-54-41(48)30(4)59-61(50,60-34-10-8-7-9-11-34)28-57-35-13-12-32-24-45(20-18-31(32)22-35)25-38(44-43(49)58-40-27-56-42-37(40)19-21-55-42)39(47)26-46(23-29(2)3)62(51,52)36-16-14-33(53-5)15-17-36/h7-17,22,29-30,37-40,42,47H,6,18-21,23-28H2,1-5H3,(H,44,49)/t30-,37-,38-,39+,40-,42+,61?/m0/s1. The minimum absolute atomic E-state index is 0.0471. The summed E-state index contributed by atoms with van der Waals surface area (Å²) >= 11 is 0. The maximum absolute atomic E-state index is 14.0. The van der Waals surface area contributed by atoms with Gasteiger partial charge in [0.15, 0.2) is 12.4 Å². The van der Waals surface area contributed by atoms with Gasteiger partial charge in [-0.05, 0) is 92.3 Å². The van der Waals surface area contributed by atoms with Crippen LogP contribution in [0.25, 0.3) is 0 Å². The number of sulfonamides is 1. The summed E-state index contributed by atoms with van der Waals surface area (Å²) in [6.45, 7) is 8.63. The summed E-state index contributed by atoms with van der Waals surface area (Å²) in [6, 6.07) is 19.0. The van der Waals surface area contributed by atoms with Crippen LogP contribution in [0.1, 0.15) is 45.2 Å². The van der Waals surface area contributed by atoms with Gasteiger partial charge in [0.2, 0.25) is 16.4 Å². The molecule has 0 bridgehead atoms. The number of carbonyl (C=O) groups is 2. The Labute approximate surface area is 363 Å². The zero-order chi connectivity index (χ0) is 44.4. The van der Waals surface area contributed by atoms with Crippen molar-refractivity contribution in [2.75, 3.05) is 59.5 Å². The Bertz CT molecular complexity index is 2110. The van der Waals surface area contributed by atoms with Gasteiger partial charge in [0.05, 0.1) is 49.9 Å². The molecule has 0 spiro atoms. The molecule has 3 aliphatic rings. The fourth-order valence-electron chi connectivity index (χ4n) is 7.57. The van der Waals surface area contributed by atoms with Gasteiger partial charge >= 0.3 is 19.7 Å². The lowest BCUT2D eigenvalue weighted by atomic mass is 9.98. The van der Waals surface area contributed by atoms with E-state index < -0.39 is 66.7 Å². The number of benzene rings is 3. The minimum atomic E-state index is -4.06. The normalized spacial score (nSPS) is 21.3. The van der Waals surface area contributed by atoms with Gasteiger partial charge in [-0.2, -0.15) is 4.31 Å². The SMILES string of the molecule is CCOC(=O)[C@H](C)OP(=O)(COc1ccc2c(c1)CCN(C[C@H](NC(=O)O[C@H]1CO[C@H]3OCC[C@H]31)[C@H](O)CN(CC(C)C)S(=O)(=O)c1ccc(OC)cc1)C2)Oc1ccccc1. The second-order valence-electron chi connectivity index (χ2n) is 15.9. The second-order valence-corrected chi connectivity index (χ2v) is 19.7. The van der Waals surface area contributed by atoms with Gasteiger partial charge in [-0.1, -0.05) is 38.1 Å². The van der Waals surface area contributed by atoms with Gasteiger partial charge in [0, 0.05) is 32.7 Å². The first kappa shape index (κ1) is 47.2. The zero-order valence-corrected chi connectivity index (χ0v) is 37.5. The van der Waals surface area contributed by atoms with Gasteiger partial charge in [-0.25, -0.2) is 22.6 Å². The quantitative estimate of drug-likeness (QED) is 0.105. The topological polar surface area (TPSA) is 198 Å². The number of ether oxygens (including phenoxy) is 6. The van der Waals surface area contributed by atoms with Gasteiger partial charge in [0.1, 0.15) is 23.4 Å². The van der Waals surface area contributed by atoms with Crippen molar-refractivity contribution in [2.45, 2.75) is 82.6 Å². The zero-order valence-electron chi connectivity index (χ0n) is 35.8.